The first kappa shape index (κ1) is 18.5. The first-order chi connectivity index (χ1) is 12.3. The molecule has 0 fully saturated rings. The molecule has 1 aliphatic rings. The van der Waals surface area contributed by atoms with Crippen molar-refractivity contribution in [3.05, 3.63) is 52.8 Å². The minimum Gasteiger partial charge on any atom is -0.447 e. The fraction of sp³-hybridized carbons (Fsp3) is 0.500. The number of fused-ring (bicyclic) bond motifs is 1. The fourth-order valence-electron chi connectivity index (χ4n) is 3.34. The molecular weight excluding hydrogens is 338 g/mol. The molecule has 0 saturated heterocycles. The molecule has 0 radical (unpaired) electrons. The van der Waals surface area contributed by atoms with Crippen LogP contribution in [0.4, 0.5) is 8.78 Å². The molecule has 1 atom stereocenters. The van der Waals surface area contributed by atoms with E-state index in [1.165, 1.54) is 0 Å². The van der Waals surface area contributed by atoms with Gasteiger partial charge in [0.05, 0.1) is 11.3 Å². The highest BCUT2D eigenvalue weighted by atomic mass is 19.3. The van der Waals surface area contributed by atoms with E-state index < -0.39 is 18.0 Å². The Bertz CT molecular complexity index is 785. The molecule has 1 aromatic heterocycles. The predicted molar refractivity (Wildman–Crippen MR) is 94.3 cm³/mol. The van der Waals surface area contributed by atoms with E-state index in [1.54, 1.807) is 37.3 Å². The van der Waals surface area contributed by atoms with E-state index in [9.17, 15) is 13.6 Å². The van der Waals surface area contributed by atoms with Gasteiger partial charge in [0.15, 0.2) is 6.10 Å². The Morgan fingerprint density at radius 1 is 1.35 bits per heavy atom. The number of halogens is 2. The Balaban J connectivity index is 1.91. The van der Waals surface area contributed by atoms with Gasteiger partial charge in [0, 0.05) is 24.2 Å². The van der Waals surface area contributed by atoms with Crippen LogP contribution in [0.5, 0.6) is 0 Å². The molecule has 0 bridgehead atoms. The summed E-state index contributed by atoms with van der Waals surface area (Å²) in [4.78, 5) is 12.4. The summed E-state index contributed by atoms with van der Waals surface area (Å²) in [5.41, 5.74) is 1.91. The molecule has 0 unspecified atom stereocenters. The van der Waals surface area contributed by atoms with Gasteiger partial charge in [-0.3, -0.25) is 4.68 Å². The number of nitrogens with zero attached hydrogens (tertiary/aromatic N) is 2. The highest BCUT2D eigenvalue weighted by Gasteiger charge is 2.49. The van der Waals surface area contributed by atoms with Crippen LogP contribution in [0.1, 0.15) is 60.1 Å². The maximum atomic E-state index is 14.6. The zero-order valence-corrected chi connectivity index (χ0v) is 15.3. The number of aromatic nitrogens is 2. The maximum absolute atomic E-state index is 14.6. The third kappa shape index (κ3) is 3.64. The quantitative estimate of drug-likeness (QED) is 0.723. The van der Waals surface area contributed by atoms with Crippen LogP contribution in [-0.2, 0) is 17.7 Å². The number of aryl methyl sites for hydroxylation is 2. The first-order valence-corrected chi connectivity index (χ1v) is 8.99. The van der Waals surface area contributed by atoms with Gasteiger partial charge in [-0.25, -0.2) is 13.6 Å². The van der Waals surface area contributed by atoms with Crippen molar-refractivity contribution >= 4 is 5.97 Å². The van der Waals surface area contributed by atoms with Crippen LogP contribution in [0, 0.1) is 12.8 Å². The molecule has 4 nitrogen and oxygen atoms in total. The Kier molecular flexibility index (Phi) is 5.12. The average Bonchev–Trinajstić information content (AvgIpc) is 2.92. The smallest absolute Gasteiger partial charge is 0.338 e. The van der Waals surface area contributed by atoms with Crippen molar-refractivity contribution in [3.63, 3.8) is 0 Å². The molecule has 26 heavy (non-hydrogen) atoms. The fourth-order valence-corrected chi connectivity index (χ4v) is 3.34. The van der Waals surface area contributed by atoms with Crippen molar-refractivity contribution in [2.24, 2.45) is 5.92 Å². The molecule has 1 heterocycles. The zero-order valence-electron chi connectivity index (χ0n) is 15.3. The number of alkyl halides is 2. The lowest BCUT2D eigenvalue weighted by Gasteiger charge is -2.31. The molecule has 0 spiro atoms. The van der Waals surface area contributed by atoms with Crippen LogP contribution in [0.25, 0.3) is 0 Å². The summed E-state index contributed by atoms with van der Waals surface area (Å²) in [6, 6.07) is 8.23. The van der Waals surface area contributed by atoms with E-state index in [4.69, 9.17) is 4.74 Å². The third-order valence-corrected chi connectivity index (χ3v) is 4.78. The summed E-state index contributed by atoms with van der Waals surface area (Å²) in [6.07, 6.45) is -0.787. The van der Waals surface area contributed by atoms with E-state index >= 15 is 0 Å². The number of ether oxygens (including phenoxy) is 1. The van der Waals surface area contributed by atoms with Crippen molar-refractivity contribution in [2.45, 2.75) is 58.6 Å². The van der Waals surface area contributed by atoms with Gasteiger partial charge in [-0.15, -0.1) is 0 Å². The maximum Gasteiger partial charge on any atom is 0.338 e. The highest BCUT2D eigenvalue weighted by Crippen LogP contribution is 2.45. The van der Waals surface area contributed by atoms with Crippen LogP contribution in [-0.4, -0.2) is 21.7 Å². The Morgan fingerprint density at radius 3 is 2.69 bits per heavy atom. The second-order valence-electron chi connectivity index (χ2n) is 7.26. The SMILES string of the molecule is Cc1nn(CCC(C)C)c2c1[C@H](OC(=O)c1ccccc1)C(F)(F)CC2. The number of carbonyl (C=O) groups is 1. The summed E-state index contributed by atoms with van der Waals surface area (Å²) in [5, 5.41) is 4.45. The van der Waals surface area contributed by atoms with Gasteiger partial charge in [-0.05, 0) is 37.8 Å². The molecule has 140 valence electrons. The van der Waals surface area contributed by atoms with E-state index in [2.05, 4.69) is 18.9 Å². The molecule has 0 saturated carbocycles. The lowest BCUT2D eigenvalue weighted by molar-refractivity contribution is -0.128. The highest BCUT2D eigenvalue weighted by molar-refractivity contribution is 5.89. The largest absolute Gasteiger partial charge is 0.447 e. The van der Waals surface area contributed by atoms with Crippen molar-refractivity contribution < 1.29 is 18.3 Å². The Morgan fingerprint density at radius 2 is 2.04 bits per heavy atom. The van der Waals surface area contributed by atoms with Gasteiger partial charge in [-0.1, -0.05) is 32.0 Å². The van der Waals surface area contributed by atoms with E-state index in [-0.39, 0.29) is 18.4 Å². The van der Waals surface area contributed by atoms with Crippen LogP contribution in [0.15, 0.2) is 30.3 Å². The van der Waals surface area contributed by atoms with E-state index in [0.717, 1.165) is 12.1 Å². The van der Waals surface area contributed by atoms with E-state index in [0.29, 0.717) is 23.7 Å². The van der Waals surface area contributed by atoms with Gasteiger partial charge in [-0.2, -0.15) is 5.10 Å². The summed E-state index contributed by atoms with van der Waals surface area (Å²) in [6.45, 7) is 6.61. The number of carbonyl (C=O) groups excluding carboxylic acids is 1. The molecule has 0 N–H and O–H groups in total. The lowest BCUT2D eigenvalue weighted by atomic mass is 9.89. The summed E-state index contributed by atoms with van der Waals surface area (Å²) in [7, 11) is 0. The van der Waals surface area contributed by atoms with Gasteiger partial charge in [0.2, 0.25) is 0 Å². The lowest BCUT2D eigenvalue weighted by Crippen LogP contribution is -2.35. The molecule has 6 heteroatoms. The van der Waals surface area contributed by atoms with Crippen LogP contribution in [0.2, 0.25) is 0 Å². The average molecular weight is 362 g/mol. The Labute approximate surface area is 152 Å². The number of rotatable bonds is 5. The van der Waals surface area contributed by atoms with Crippen molar-refractivity contribution in [1.82, 2.24) is 9.78 Å². The first-order valence-electron chi connectivity index (χ1n) is 8.99. The second-order valence-corrected chi connectivity index (χ2v) is 7.26. The zero-order chi connectivity index (χ0) is 18.9. The van der Waals surface area contributed by atoms with Crippen molar-refractivity contribution in [3.8, 4) is 0 Å². The molecule has 0 aliphatic heterocycles. The minimum absolute atomic E-state index is 0.237. The number of hydrogen-bond donors (Lipinski definition) is 0. The van der Waals surface area contributed by atoms with Crippen LogP contribution < -0.4 is 0 Å². The predicted octanol–water partition coefficient (Wildman–Crippen LogP) is 4.72. The molecular formula is C20H24F2N2O2. The Hall–Kier alpha value is -2.24. The molecule has 1 aliphatic carbocycles. The number of benzene rings is 1. The summed E-state index contributed by atoms with van der Waals surface area (Å²) < 4.78 is 36.3. The third-order valence-electron chi connectivity index (χ3n) is 4.78. The molecule has 2 aromatic rings. The van der Waals surface area contributed by atoms with Gasteiger partial charge < -0.3 is 4.74 Å². The number of esters is 1. The topological polar surface area (TPSA) is 44.1 Å². The molecule has 3 rings (SSSR count). The standard InChI is InChI=1S/C20H24F2N2O2/c1-13(2)10-12-24-16-9-11-20(21,22)18(17(16)14(3)23-24)26-19(25)15-7-5-4-6-8-15/h4-8,13,18H,9-12H2,1-3H3/t18-/m0/s1. The van der Waals surface area contributed by atoms with Gasteiger partial charge >= 0.3 is 5.97 Å². The minimum atomic E-state index is -3.10. The summed E-state index contributed by atoms with van der Waals surface area (Å²) >= 11 is 0. The monoisotopic (exact) mass is 362 g/mol. The van der Waals surface area contributed by atoms with E-state index in [1.807, 2.05) is 4.68 Å². The normalized spacial score (nSPS) is 18.6. The summed E-state index contributed by atoms with van der Waals surface area (Å²) in [5.74, 6) is -3.35. The molecule has 0 amide bonds. The van der Waals surface area contributed by atoms with Crippen molar-refractivity contribution in [2.75, 3.05) is 0 Å². The van der Waals surface area contributed by atoms with Crippen molar-refractivity contribution in [1.29, 1.82) is 0 Å². The molecule has 1 aromatic carbocycles. The number of hydrogen-bond acceptors (Lipinski definition) is 3. The van der Waals surface area contributed by atoms with Gasteiger partial charge in [0.1, 0.15) is 0 Å². The van der Waals surface area contributed by atoms with Gasteiger partial charge in [0.25, 0.3) is 5.92 Å². The van der Waals surface area contributed by atoms with Crippen LogP contribution >= 0.6 is 0 Å². The second kappa shape index (κ2) is 7.17. The van der Waals surface area contributed by atoms with Crippen LogP contribution in [0.3, 0.4) is 0 Å².